The van der Waals surface area contributed by atoms with Crippen molar-refractivity contribution in [2.24, 2.45) is 0 Å². The normalized spacial score (nSPS) is 12.1. The molecule has 0 aromatic heterocycles. The molecule has 0 bridgehead atoms. The molecule has 1 amide bonds. The van der Waals surface area contributed by atoms with Gasteiger partial charge in [-0.3, -0.25) is 14.4 Å². The Labute approximate surface area is 446 Å². The number of unbranched alkanes of at least 4 members (excludes halogenated alkanes) is 24. The summed E-state index contributed by atoms with van der Waals surface area (Å²) in [6.45, 7) is 15.2. The minimum Gasteiger partial charge on any atom is -0.463 e. The zero-order valence-corrected chi connectivity index (χ0v) is 49.0. The summed E-state index contributed by atoms with van der Waals surface area (Å²) in [7, 11) is 4.12. The second-order valence-electron chi connectivity index (χ2n) is 22.0. The van der Waals surface area contributed by atoms with Gasteiger partial charge in [0.25, 0.3) is 0 Å². The summed E-state index contributed by atoms with van der Waals surface area (Å²) in [5.41, 5.74) is 0. The van der Waals surface area contributed by atoms with Gasteiger partial charge in [0, 0.05) is 32.4 Å². The van der Waals surface area contributed by atoms with Crippen molar-refractivity contribution in [3.05, 3.63) is 0 Å². The fourth-order valence-corrected chi connectivity index (χ4v) is 9.76. The first-order valence-corrected chi connectivity index (χ1v) is 31.2. The van der Waals surface area contributed by atoms with Crippen LogP contribution in [0.2, 0.25) is 0 Å². The number of carbonyl (C=O) groups is 4. The van der Waals surface area contributed by atoms with Crippen molar-refractivity contribution in [2.45, 2.75) is 342 Å². The third-order valence-electron chi connectivity index (χ3n) is 14.3. The zero-order chi connectivity index (χ0) is 53.1. The molecule has 1 atom stereocenters. The topological polar surface area (TPSA) is 112 Å². The van der Waals surface area contributed by atoms with Gasteiger partial charge in [-0.25, -0.2) is 4.79 Å². The van der Waals surface area contributed by atoms with Crippen LogP contribution in [-0.4, -0.2) is 91.9 Å². The average Bonchev–Trinajstić information content (AvgIpc) is 3.34. The maximum absolute atomic E-state index is 13.9. The number of rotatable bonds is 54. The van der Waals surface area contributed by atoms with Gasteiger partial charge in [0.15, 0.2) is 0 Å². The SMILES string of the molecule is CCCCCCC(CCCCCC)OC(=O)CCCCCCCCC(CCCCCCCCC(=O)OC(CCCCCC)CCCCCC)OC(=O)N(CCCCCC(=O)OC(C)CCC)CCCN(C)C. The van der Waals surface area contributed by atoms with Crippen LogP contribution < -0.4 is 0 Å². The van der Waals surface area contributed by atoms with Crippen molar-refractivity contribution < 1.29 is 38.1 Å². The van der Waals surface area contributed by atoms with E-state index in [0.29, 0.717) is 32.4 Å². The summed E-state index contributed by atoms with van der Waals surface area (Å²) in [6, 6.07) is 0. The molecule has 0 spiro atoms. The molecule has 0 saturated carbocycles. The van der Waals surface area contributed by atoms with Crippen molar-refractivity contribution in [2.75, 3.05) is 33.7 Å². The molecule has 0 aromatic rings. The molecule has 0 heterocycles. The van der Waals surface area contributed by atoms with Crippen molar-refractivity contribution >= 4 is 24.0 Å². The Balaban J connectivity index is 5.20. The molecular weight excluding hydrogens is 901 g/mol. The maximum atomic E-state index is 13.9. The summed E-state index contributed by atoms with van der Waals surface area (Å²) in [4.78, 5) is 56.0. The Kier molecular flexibility index (Phi) is 50.4. The van der Waals surface area contributed by atoms with Crippen LogP contribution in [0.25, 0.3) is 0 Å². The fraction of sp³-hybridized carbons (Fsp3) is 0.935. The fourth-order valence-electron chi connectivity index (χ4n) is 9.76. The van der Waals surface area contributed by atoms with Crippen molar-refractivity contribution in [1.29, 1.82) is 0 Å². The molecule has 0 aliphatic carbocycles. The minimum atomic E-state index is -0.210. The number of ether oxygens (including phenoxy) is 4. The lowest BCUT2D eigenvalue weighted by Crippen LogP contribution is -2.37. The second-order valence-corrected chi connectivity index (χ2v) is 22.0. The molecule has 0 radical (unpaired) electrons. The Morgan fingerprint density at radius 2 is 0.625 bits per heavy atom. The second kappa shape index (κ2) is 52.1. The van der Waals surface area contributed by atoms with Crippen molar-refractivity contribution in [3.63, 3.8) is 0 Å². The van der Waals surface area contributed by atoms with E-state index in [4.69, 9.17) is 18.9 Å². The van der Waals surface area contributed by atoms with Crippen molar-refractivity contribution in [3.8, 4) is 0 Å². The van der Waals surface area contributed by atoms with E-state index < -0.39 is 0 Å². The molecule has 0 N–H and O–H groups in total. The summed E-state index contributed by atoms with van der Waals surface area (Å²) < 4.78 is 24.0. The van der Waals surface area contributed by atoms with E-state index in [1.54, 1.807) is 0 Å². The summed E-state index contributed by atoms with van der Waals surface area (Å²) >= 11 is 0. The van der Waals surface area contributed by atoms with Gasteiger partial charge >= 0.3 is 24.0 Å². The highest BCUT2D eigenvalue weighted by molar-refractivity contribution is 5.70. The first-order valence-electron chi connectivity index (χ1n) is 31.2. The Bertz CT molecular complexity index is 1150. The molecule has 10 heteroatoms. The van der Waals surface area contributed by atoms with Crippen LogP contribution in [0.5, 0.6) is 0 Å². The summed E-state index contributed by atoms with van der Waals surface area (Å²) in [6.07, 6.45) is 44.0. The Morgan fingerprint density at radius 1 is 0.319 bits per heavy atom. The third kappa shape index (κ3) is 46.2. The number of hydrogen-bond donors (Lipinski definition) is 0. The van der Waals surface area contributed by atoms with Gasteiger partial charge in [0.1, 0.15) is 18.3 Å². The van der Waals surface area contributed by atoms with Gasteiger partial charge < -0.3 is 28.7 Å². The molecule has 0 rings (SSSR count). The van der Waals surface area contributed by atoms with Crippen LogP contribution in [0.15, 0.2) is 0 Å². The summed E-state index contributed by atoms with van der Waals surface area (Å²) in [5.74, 6) is -0.168. The van der Waals surface area contributed by atoms with Crippen molar-refractivity contribution in [1.82, 2.24) is 9.80 Å². The first kappa shape index (κ1) is 69.6. The lowest BCUT2D eigenvalue weighted by Gasteiger charge is -2.26. The Hall–Kier alpha value is -2.36. The van der Waals surface area contributed by atoms with E-state index in [1.807, 2.05) is 11.8 Å². The van der Waals surface area contributed by atoms with Crippen LogP contribution in [0.4, 0.5) is 4.79 Å². The molecule has 0 aromatic carbocycles. The van der Waals surface area contributed by atoms with Crippen LogP contribution in [-0.2, 0) is 33.3 Å². The van der Waals surface area contributed by atoms with Gasteiger partial charge in [0.2, 0.25) is 0 Å². The van der Waals surface area contributed by atoms with E-state index in [2.05, 4.69) is 53.6 Å². The smallest absolute Gasteiger partial charge is 0.410 e. The number of carbonyl (C=O) groups excluding carboxylic acids is 4. The van der Waals surface area contributed by atoms with Crippen LogP contribution in [0.3, 0.4) is 0 Å². The van der Waals surface area contributed by atoms with Gasteiger partial charge in [0.05, 0.1) is 6.10 Å². The van der Waals surface area contributed by atoms with E-state index in [9.17, 15) is 19.2 Å². The van der Waals surface area contributed by atoms with Crippen LogP contribution in [0.1, 0.15) is 318 Å². The monoisotopic (exact) mass is 1020 g/mol. The van der Waals surface area contributed by atoms with Gasteiger partial charge in [-0.05, 0) is 143 Å². The Morgan fingerprint density at radius 3 is 0.986 bits per heavy atom. The molecular formula is C62H120N2O8. The number of esters is 3. The van der Waals surface area contributed by atoms with E-state index >= 15 is 0 Å². The number of nitrogens with zero attached hydrogens (tertiary/aromatic N) is 2. The highest BCUT2D eigenvalue weighted by atomic mass is 16.6. The van der Waals surface area contributed by atoms with Crippen LogP contribution >= 0.6 is 0 Å². The maximum Gasteiger partial charge on any atom is 0.410 e. The van der Waals surface area contributed by atoms with Gasteiger partial charge in [-0.15, -0.1) is 0 Å². The van der Waals surface area contributed by atoms with E-state index in [0.717, 1.165) is 186 Å². The highest BCUT2D eigenvalue weighted by Gasteiger charge is 2.21. The lowest BCUT2D eigenvalue weighted by atomic mass is 10.0. The molecule has 1 unspecified atom stereocenters. The average molecular weight is 1020 g/mol. The molecule has 0 aliphatic heterocycles. The predicted octanol–water partition coefficient (Wildman–Crippen LogP) is 18.0. The third-order valence-corrected chi connectivity index (χ3v) is 14.3. The minimum absolute atomic E-state index is 0.0198. The number of hydrogen-bond acceptors (Lipinski definition) is 9. The van der Waals surface area contributed by atoms with Crippen LogP contribution in [0, 0.1) is 0 Å². The summed E-state index contributed by atoms with van der Waals surface area (Å²) in [5, 5.41) is 0. The molecule has 10 nitrogen and oxygen atoms in total. The van der Waals surface area contributed by atoms with E-state index in [1.165, 1.54) is 77.0 Å². The standard InChI is InChI=1S/C62H120N2O8/c1-9-14-18-31-43-56(44-32-19-15-10-2)70-60(66)50-37-28-24-22-26-35-47-58(72-62(68)64(54-41-52-63(7)8)53-40-30-39-49-59(65)69-55(6)42-13-5)48-36-27-23-25-29-38-51-61(67)71-57(45-33-20-16-11-3)46-34-21-17-12-4/h55-58H,9-54H2,1-8H3. The molecule has 72 heavy (non-hydrogen) atoms. The van der Waals surface area contributed by atoms with Gasteiger partial charge in [-0.1, -0.05) is 176 Å². The van der Waals surface area contributed by atoms with Gasteiger partial charge in [-0.2, -0.15) is 0 Å². The molecule has 0 saturated heterocycles. The largest absolute Gasteiger partial charge is 0.463 e. The lowest BCUT2D eigenvalue weighted by molar-refractivity contribution is -0.151. The number of amides is 1. The highest BCUT2D eigenvalue weighted by Crippen LogP contribution is 2.22. The quantitative estimate of drug-likeness (QED) is 0.0334. The predicted molar refractivity (Wildman–Crippen MR) is 303 cm³/mol. The first-order chi connectivity index (χ1) is 35.0. The molecule has 0 fully saturated rings. The molecule has 426 valence electrons. The molecule has 0 aliphatic rings. The zero-order valence-electron chi connectivity index (χ0n) is 49.0. The van der Waals surface area contributed by atoms with E-state index in [-0.39, 0.29) is 48.4 Å².